The summed E-state index contributed by atoms with van der Waals surface area (Å²) in [5.41, 5.74) is 8.34. The SMILES string of the molecule is Cc1cc(F)ccc1C(N)C1CSCCN1C. The summed E-state index contributed by atoms with van der Waals surface area (Å²) in [6, 6.07) is 5.19. The van der Waals surface area contributed by atoms with E-state index in [0.29, 0.717) is 6.04 Å². The molecule has 0 aliphatic carbocycles. The van der Waals surface area contributed by atoms with E-state index in [1.54, 1.807) is 6.07 Å². The number of benzene rings is 1. The average molecular weight is 254 g/mol. The second-order valence-electron chi connectivity index (χ2n) is 4.65. The van der Waals surface area contributed by atoms with Crippen LogP contribution in [-0.2, 0) is 0 Å². The molecule has 0 saturated carbocycles. The maximum atomic E-state index is 13.1. The molecule has 0 radical (unpaired) electrons. The van der Waals surface area contributed by atoms with Crippen molar-refractivity contribution in [1.82, 2.24) is 4.90 Å². The van der Waals surface area contributed by atoms with E-state index >= 15 is 0 Å². The fourth-order valence-electron chi connectivity index (χ4n) is 2.30. The molecule has 0 bridgehead atoms. The molecule has 1 aromatic carbocycles. The summed E-state index contributed by atoms with van der Waals surface area (Å²) in [6.45, 7) is 3.00. The quantitative estimate of drug-likeness (QED) is 0.877. The van der Waals surface area contributed by atoms with Gasteiger partial charge in [-0.2, -0.15) is 11.8 Å². The standard InChI is InChI=1S/C13H19FN2S/c1-9-7-10(14)3-4-11(9)13(15)12-8-17-6-5-16(12)2/h3-4,7,12-13H,5-6,8,15H2,1-2H3. The van der Waals surface area contributed by atoms with Crippen LogP contribution in [0.3, 0.4) is 0 Å². The van der Waals surface area contributed by atoms with E-state index in [9.17, 15) is 4.39 Å². The molecule has 2 N–H and O–H groups in total. The average Bonchev–Trinajstić information content (AvgIpc) is 2.29. The largest absolute Gasteiger partial charge is 0.323 e. The van der Waals surface area contributed by atoms with Crippen LogP contribution >= 0.6 is 11.8 Å². The molecule has 1 saturated heterocycles. The van der Waals surface area contributed by atoms with Gasteiger partial charge in [0.2, 0.25) is 0 Å². The lowest BCUT2D eigenvalue weighted by molar-refractivity contribution is 0.237. The summed E-state index contributed by atoms with van der Waals surface area (Å²) in [6.07, 6.45) is 0. The highest BCUT2D eigenvalue weighted by molar-refractivity contribution is 7.99. The number of likely N-dealkylation sites (N-methyl/N-ethyl adjacent to an activating group) is 1. The van der Waals surface area contributed by atoms with Gasteiger partial charge in [0.15, 0.2) is 0 Å². The minimum atomic E-state index is -0.190. The van der Waals surface area contributed by atoms with E-state index in [-0.39, 0.29) is 11.9 Å². The second-order valence-corrected chi connectivity index (χ2v) is 5.80. The lowest BCUT2D eigenvalue weighted by Crippen LogP contribution is -2.46. The van der Waals surface area contributed by atoms with Gasteiger partial charge in [0, 0.05) is 30.1 Å². The lowest BCUT2D eigenvalue weighted by atomic mass is 9.96. The molecule has 2 rings (SSSR count). The van der Waals surface area contributed by atoms with Gasteiger partial charge in [0.25, 0.3) is 0 Å². The predicted molar refractivity (Wildman–Crippen MR) is 71.8 cm³/mol. The number of hydrogen-bond donors (Lipinski definition) is 1. The van der Waals surface area contributed by atoms with E-state index in [0.717, 1.165) is 23.4 Å². The van der Waals surface area contributed by atoms with Gasteiger partial charge in [-0.15, -0.1) is 0 Å². The van der Waals surface area contributed by atoms with Crippen molar-refractivity contribution >= 4 is 11.8 Å². The Morgan fingerprint density at radius 3 is 2.94 bits per heavy atom. The van der Waals surface area contributed by atoms with Crippen LogP contribution in [0.15, 0.2) is 18.2 Å². The van der Waals surface area contributed by atoms with Crippen molar-refractivity contribution in [3.8, 4) is 0 Å². The fraction of sp³-hybridized carbons (Fsp3) is 0.538. The van der Waals surface area contributed by atoms with Gasteiger partial charge < -0.3 is 5.73 Å². The third-order valence-corrected chi connectivity index (χ3v) is 4.50. The number of hydrogen-bond acceptors (Lipinski definition) is 3. The van der Waals surface area contributed by atoms with Crippen molar-refractivity contribution in [1.29, 1.82) is 0 Å². The van der Waals surface area contributed by atoms with Crippen molar-refractivity contribution in [3.63, 3.8) is 0 Å². The Bertz CT molecular complexity index is 397. The predicted octanol–water partition coefficient (Wildman–Crippen LogP) is 2.18. The molecular weight excluding hydrogens is 235 g/mol. The Kier molecular flexibility index (Phi) is 4.07. The van der Waals surface area contributed by atoms with Crippen LogP contribution < -0.4 is 5.73 Å². The van der Waals surface area contributed by atoms with Crippen LogP contribution in [0.4, 0.5) is 4.39 Å². The molecule has 2 unspecified atom stereocenters. The van der Waals surface area contributed by atoms with Crippen molar-refractivity contribution < 1.29 is 4.39 Å². The first kappa shape index (κ1) is 12.9. The van der Waals surface area contributed by atoms with Crippen LogP contribution in [0.1, 0.15) is 17.2 Å². The topological polar surface area (TPSA) is 29.3 Å². The van der Waals surface area contributed by atoms with Crippen molar-refractivity contribution in [2.45, 2.75) is 19.0 Å². The van der Waals surface area contributed by atoms with Gasteiger partial charge in [0.05, 0.1) is 0 Å². The zero-order chi connectivity index (χ0) is 12.4. The molecule has 2 atom stereocenters. The first-order valence-corrected chi connectivity index (χ1v) is 7.04. The van der Waals surface area contributed by atoms with Crippen molar-refractivity contribution in [2.75, 3.05) is 25.1 Å². The number of nitrogens with zero attached hydrogens (tertiary/aromatic N) is 1. The highest BCUT2D eigenvalue weighted by atomic mass is 32.2. The summed E-state index contributed by atoms with van der Waals surface area (Å²) < 4.78 is 13.1. The monoisotopic (exact) mass is 254 g/mol. The first-order chi connectivity index (χ1) is 8.09. The molecule has 4 heteroatoms. The third-order valence-electron chi connectivity index (χ3n) is 3.45. The molecule has 1 fully saturated rings. The normalized spacial score (nSPS) is 23.6. The third kappa shape index (κ3) is 2.81. The molecule has 0 aromatic heterocycles. The van der Waals surface area contributed by atoms with Gasteiger partial charge in [0.1, 0.15) is 5.82 Å². The zero-order valence-electron chi connectivity index (χ0n) is 10.3. The molecule has 1 aliphatic heterocycles. The number of nitrogens with two attached hydrogens (primary N) is 1. The number of aryl methyl sites for hydroxylation is 1. The fourth-order valence-corrected chi connectivity index (χ4v) is 3.59. The summed E-state index contributed by atoms with van der Waals surface area (Å²) in [5.74, 6) is 2.03. The second kappa shape index (κ2) is 5.38. The number of rotatable bonds is 2. The van der Waals surface area contributed by atoms with E-state index in [1.165, 1.54) is 11.8 Å². The van der Waals surface area contributed by atoms with E-state index < -0.39 is 0 Å². The lowest BCUT2D eigenvalue weighted by Gasteiger charge is -2.36. The number of halogens is 1. The van der Waals surface area contributed by atoms with Crippen LogP contribution in [0, 0.1) is 12.7 Å². The first-order valence-electron chi connectivity index (χ1n) is 5.89. The minimum absolute atomic E-state index is 0.0339. The van der Waals surface area contributed by atoms with Gasteiger partial charge in [-0.3, -0.25) is 4.90 Å². The van der Waals surface area contributed by atoms with Gasteiger partial charge in [-0.1, -0.05) is 6.07 Å². The maximum absolute atomic E-state index is 13.1. The van der Waals surface area contributed by atoms with Gasteiger partial charge >= 0.3 is 0 Å². The minimum Gasteiger partial charge on any atom is -0.323 e. The van der Waals surface area contributed by atoms with E-state index in [1.807, 2.05) is 24.8 Å². The summed E-state index contributed by atoms with van der Waals surface area (Å²) in [4.78, 5) is 2.31. The van der Waals surface area contributed by atoms with Gasteiger partial charge in [-0.25, -0.2) is 4.39 Å². The Balaban J connectivity index is 2.20. The Hall–Kier alpha value is -0.580. The molecule has 17 heavy (non-hydrogen) atoms. The molecule has 0 amide bonds. The molecule has 0 spiro atoms. The van der Waals surface area contributed by atoms with Crippen molar-refractivity contribution in [2.24, 2.45) is 5.73 Å². The Labute approximate surface area is 106 Å². The van der Waals surface area contributed by atoms with Crippen LogP contribution in [-0.4, -0.2) is 36.0 Å². The summed E-state index contributed by atoms with van der Waals surface area (Å²) >= 11 is 1.94. The van der Waals surface area contributed by atoms with E-state index in [4.69, 9.17) is 5.73 Å². The van der Waals surface area contributed by atoms with E-state index in [2.05, 4.69) is 11.9 Å². The van der Waals surface area contributed by atoms with Gasteiger partial charge in [-0.05, 0) is 37.2 Å². The highest BCUT2D eigenvalue weighted by Crippen LogP contribution is 2.27. The summed E-state index contributed by atoms with van der Waals surface area (Å²) in [5, 5.41) is 0. The molecule has 1 heterocycles. The highest BCUT2D eigenvalue weighted by Gasteiger charge is 2.27. The molecule has 1 aromatic rings. The smallest absolute Gasteiger partial charge is 0.123 e. The molecule has 94 valence electrons. The van der Waals surface area contributed by atoms with Crippen molar-refractivity contribution in [3.05, 3.63) is 35.1 Å². The molecule has 1 aliphatic rings. The van der Waals surface area contributed by atoms with Crippen LogP contribution in [0.25, 0.3) is 0 Å². The zero-order valence-corrected chi connectivity index (χ0v) is 11.1. The molecular formula is C13H19FN2S. The Morgan fingerprint density at radius 1 is 1.53 bits per heavy atom. The van der Waals surface area contributed by atoms with Crippen LogP contribution in [0.5, 0.6) is 0 Å². The molecule has 2 nitrogen and oxygen atoms in total. The number of thioether (sulfide) groups is 1. The Morgan fingerprint density at radius 2 is 2.29 bits per heavy atom. The summed E-state index contributed by atoms with van der Waals surface area (Å²) in [7, 11) is 2.11. The maximum Gasteiger partial charge on any atom is 0.123 e. The van der Waals surface area contributed by atoms with Crippen LogP contribution in [0.2, 0.25) is 0 Å².